The molecule has 0 unspecified atom stereocenters. The van der Waals surface area contributed by atoms with Crippen molar-refractivity contribution >= 4 is 36.0 Å². The lowest BCUT2D eigenvalue weighted by Crippen LogP contribution is -2.22. The van der Waals surface area contributed by atoms with Gasteiger partial charge >= 0.3 is 0 Å². The van der Waals surface area contributed by atoms with Crippen LogP contribution in [0.3, 0.4) is 0 Å². The molecule has 4 N–H and O–H groups in total. The first-order valence-corrected chi connectivity index (χ1v) is 10.8. The van der Waals surface area contributed by atoms with Crippen LogP contribution in [-0.4, -0.2) is 42.6 Å². The van der Waals surface area contributed by atoms with Gasteiger partial charge in [-0.2, -0.15) is 0 Å². The summed E-state index contributed by atoms with van der Waals surface area (Å²) >= 11 is 0. The number of amides is 4. The zero-order valence-corrected chi connectivity index (χ0v) is 18.6. The van der Waals surface area contributed by atoms with Crippen LogP contribution in [0, 0.1) is 0 Å². The van der Waals surface area contributed by atoms with E-state index in [2.05, 4.69) is 10.6 Å². The second kappa shape index (κ2) is 12.1. The van der Waals surface area contributed by atoms with Crippen molar-refractivity contribution in [2.45, 2.75) is 12.8 Å². The van der Waals surface area contributed by atoms with Gasteiger partial charge < -0.3 is 16.4 Å². The number of rotatable bonds is 11. The van der Waals surface area contributed by atoms with Gasteiger partial charge in [0, 0.05) is 29.0 Å². The van der Waals surface area contributed by atoms with E-state index in [0.717, 1.165) is 22.4 Å². The Kier molecular flexibility index (Phi) is 8.65. The number of imide groups is 1. The third kappa shape index (κ3) is 6.85. The molecule has 0 atom stereocenters. The van der Waals surface area contributed by atoms with Crippen molar-refractivity contribution in [3.63, 3.8) is 0 Å². The Morgan fingerprint density at radius 1 is 0.676 bits per heavy atom. The smallest absolute Gasteiger partial charge is 0.255 e. The molecule has 0 aromatic heterocycles. The standard InChI is InChI=1S/C26H26N4O4/c27-15-13-19-1-9-23(10-2-19)28-25(33)21-5-7-22(8-6-21)26(34)29-24-11-3-20(4-12-24)14-16-30(17-31)18-32/h1-12,17-18H,13-16,27H2,(H,28,33)(H,29,34). The van der Waals surface area contributed by atoms with E-state index in [1.165, 1.54) is 0 Å². The molecule has 0 aliphatic heterocycles. The van der Waals surface area contributed by atoms with Gasteiger partial charge in [0.15, 0.2) is 0 Å². The molecule has 0 heterocycles. The highest BCUT2D eigenvalue weighted by Crippen LogP contribution is 2.15. The van der Waals surface area contributed by atoms with E-state index in [1.807, 2.05) is 36.4 Å². The summed E-state index contributed by atoms with van der Waals surface area (Å²) in [5.41, 5.74) is 9.72. The summed E-state index contributed by atoms with van der Waals surface area (Å²) in [6.07, 6.45) is 2.27. The number of hydrogen-bond donors (Lipinski definition) is 3. The van der Waals surface area contributed by atoms with Gasteiger partial charge in [-0.25, -0.2) is 0 Å². The van der Waals surface area contributed by atoms with Gasteiger partial charge in [-0.1, -0.05) is 24.3 Å². The van der Waals surface area contributed by atoms with Gasteiger partial charge in [-0.3, -0.25) is 24.1 Å². The summed E-state index contributed by atoms with van der Waals surface area (Å²) in [5, 5.41) is 5.64. The van der Waals surface area contributed by atoms with Crippen molar-refractivity contribution in [3.8, 4) is 0 Å². The van der Waals surface area contributed by atoms with Crippen molar-refractivity contribution in [1.29, 1.82) is 0 Å². The molecule has 0 saturated heterocycles. The zero-order chi connectivity index (χ0) is 24.3. The Labute approximate surface area is 197 Å². The molecule has 8 nitrogen and oxygen atoms in total. The van der Waals surface area contributed by atoms with E-state index < -0.39 is 0 Å². The lowest BCUT2D eigenvalue weighted by atomic mass is 10.1. The van der Waals surface area contributed by atoms with Crippen molar-refractivity contribution in [2.24, 2.45) is 5.73 Å². The number of carbonyl (C=O) groups is 4. The van der Waals surface area contributed by atoms with E-state index in [9.17, 15) is 19.2 Å². The van der Waals surface area contributed by atoms with Gasteiger partial charge in [-0.05, 0) is 79.0 Å². The highest BCUT2D eigenvalue weighted by atomic mass is 16.2. The summed E-state index contributed by atoms with van der Waals surface area (Å²) in [5.74, 6) is -0.569. The quantitative estimate of drug-likeness (QED) is 0.382. The Morgan fingerprint density at radius 2 is 1.09 bits per heavy atom. The third-order valence-corrected chi connectivity index (χ3v) is 5.20. The fourth-order valence-electron chi connectivity index (χ4n) is 3.24. The maximum Gasteiger partial charge on any atom is 0.255 e. The number of carbonyl (C=O) groups excluding carboxylic acids is 4. The molecular weight excluding hydrogens is 432 g/mol. The van der Waals surface area contributed by atoms with Crippen LogP contribution in [0.4, 0.5) is 11.4 Å². The highest BCUT2D eigenvalue weighted by Gasteiger charge is 2.10. The molecule has 174 valence electrons. The summed E-state index contributed by atoms with van der Waals surface area (Å²) in [6, 6.07) is 21.0. The molecule has 0 aliphatic rings. The second-order valence-electron chi connectivity index (χ2n) is 7.62. The number of nitrogens with two attached hydrogens (primary N) is 1. The molecule has 4 amide bonds. The van der Waals surface area contributed by atoms with E-state index >= 15 is 0 Å². The number of benzene rings is 3. The number of anilines is 2. The van der Waals surface area contributed by atoms with Crippen LogP contribution in [-0.2, 0) is 22.4 Å². The lowest BCUT2D eigenvalue weighted by molar-refractivity contribution is -0.129. The topological polar surface area (TPSA) is 122 Å². The van der Waals surface area contributed by atoms with Crippen LogP contribution in [0.1, 0.15) is 31.8 Å². The molecule has 3 aromatic carbocycles. The third-order valence-electron chi connectivity index (χ3n) is 5.20. The lowest BCUT2D eigenvalue weighted by Gasteiger charge is -2.10. The molecule has 0 bridgehead atoms. The highest BCUT2D eigenvalue weighted by molar-refractivity contribution is 6.07. The Bertz CT molecular complexity index is 1120. The summed E-state index contributed by atoms with van der Waals surface area (Å²) in [6.45, 7) is 0.860. The normalized spacial score (nSPS) is 10.3. The molecule has 0 radical (unpaired) electrons. The molecule has 0 fully saturated rings. The van der Waals surface area contributed by atoms with Crippen LogP contribution in [0.5, 0.6) is 0 Å². The minimum Gasteiger partial charge on any atom is -0.330 e. The maximum absolute atomic E-state index is 12.5. The first kappa shape index (κ1) is 24.3. The van der Waals surface area contributed by atoms with E-state index in [0.29, 0.717) is 48.3 Å². The van der Waals surface area contributed by atoms with Crippen LogP contribution >= 0.6 is 0 Å². The van der Waals surface area contributed by atoms with Gasteiger partial charge in [0.1, 0.15) is 0 Å². The van der Waals surface area contributed by atoms with Crippen LogP contribution < -0.4 is 16.4 Å². The molecule has 0 spiro atoms. The predicted octanol–water partition coefficient (Wildman–Crippen LogP) is 2.85. The van der Waals surface area contributed by atoms with Crippen molar-refractivity contribution in [3.05, 3.63) is 95.1 Å². The minimum absolute atomic E-state index is 0.267. The predicted molar refractivity (Wildman–Crippen MR) is 131 cm³/mol. The van der Waals surface area contributed by atoms with Gasteiger partial charge in [0.2, 0.25) is 12.8 Å². The monoisotopic (exact) mass is 458 g/mol. The first-order valence-electron chi connectivity index (χ1n) is 10.8. The summed E-state index contributed by atoms with van der Waals surface area (Å²) in [7, 11) is 0. The molecule has 34 heavy (non-hydrogen) atoms. The molecular formula is C26H26N4O4. The number of nitrogens with zero attached hydrogens (tertiary/aromatic N) is 1. The van der Waals surface area contributed by atoms with Gasteiger partial charge in [0.25, 0.3) is 11.8 Å². The molecule has 3 rings (SSSR count). The maximum atomic E-state index is 12.5. The number of hydrogen-bond acceptors (Lipinski definition) is 5. The minimum atomic E-state index is -0.303. The molecule has 0 saturated carbocycles. The second-order valence-corrected chi connectivity index (χ2v) is 7.62. The average Bonchev–Trinajstić information content (AvgIpc) is 2.87. The number of nitrogens with one attached hydrogen (secondary N) is 2. The van der Waals surface area contributed by atoms with E-state index in [1.54, 1.807) is 36.4 Å². The Balaban J connectivity index is 1.54. The van der Waals surface area contributed by atoms with Crippen molar-refractivity contribution in [2.75, 3.05) is 23.7 Å². The molecule has 8 heteroatoms. The largest absolute Gasteiger partial charge is 0.330 e. The molecule has 3 aromatic rings. The van der Waals surface area contributed by atoms with Crippen LogP contribution in [0.15, 0.2) is 72.8 Å². The first-order chi connectivity index (χ1) is 16.5. The van der Waals surface area contributed by atoms with Gasteiger partial charge in [-0.15, -0.1) is 0 Å². The summed E-state index contributed by atoms with van der Waals surface area (Å²) in [4.78, 5) is 47.4. The zero-order valence-electron chi connectivity index (χ0n) is 18.6. The van der Waals surface area contributed by atoms with Crippen molar-refractivity contribution in [1.82, 2.24) is 4.90 Å². The van der Waals surface area contributed by atoms with Crippen molar-refractivity contribution < 1.29 is 19.2 Å². The fourth-order valence-corrected chi connectivity index (χ4v) is 3.24. The molecule has 0 aliphatic carbocycles. The van der Waals surface area contributed by atoms with Crippen LogP contribution in [0.25, 0.3) is 0 Å². The van der Waals surface area contributed by atoms with Gasteiger partial charge in [0.05, 0.1) is 0 Å². The summed E-state index contributed by atoms with van der Waals surface area (Å²) < 4.78 is 0. The fraction of sp³-hybridized carbons (Fsp3) is 0.154. The average molecular weight is 459 g/mol. The Morgan fingerprint density at radius 3 is 1.47 bits per heavy atom. The SMILES string of the molecule is NCCc1ccc(NC(=O)c2ccc(C(=O)Nc3ccc(CCN(C=O)C=O)cc3)cc2)cc1. The van der Waals surface area contributed by atoms with E-state index in [-0.39, 0.29) is 18.4 Å². The van der Waals surface area contributed by atoms with Crippen LogP contribution in [0.2, 0.25) is 0 Å². The Hall–Kier alpha value is -4.30. The van der Waals surface area contributed by atoms with E-state index in [4.69, 9.17) is 5.73 Å².